The van der Waals surface area contributed by atoms with Gasteiger partial charge in [0.15, 0.2) is 0 Å². The first-order chi connectivity index (χ1) is 6.74. The zero-order valence-corrected chi connectivity index (χ0v) is 8.49. The Morgan fingerprint density at radius 3 is 3.07 bits per heavy atom. The molecule has 0 amide bonds. The van der Waals surface area contributed by atoms with E-state index >= 15 is 0 Å². The van der Waals surface area contributed by atoms with Crippen molar-refractivity contribution in [2.45, 2.75) is 13.3 Å². The molecule has 2 rings (SSSR count). The molecule has 0 saturated carbocycles. The van der Waals surface area contributed by atoms with Gasteiger partial charge in [0.05, 0.1) is 17.2 Å². The Morgan fingerprint density at radius 2 is 2.36 bits per heavy atom. The summed E-state index contributed by atoms with van der Waals surface area (Å²) in [4.78, 5) is 0. The highest BCUT2D eigenvalue weighted by atomic mass is 32.1. The van der Waals surface area contributed by atoms with Crippen molar-refractivity contribution in [3.63, 3.8) is 0 Å². The van der Waals surface area contributed by atoms with Gasteiger partial charge in [-0.05, 0) is 40.9 Å². The summed E-state index contributed by atoms with van der Waals surface area (Å²) in [6, 6.07) is 5.82. The molecule has 0 radical (unpaired) electrons. The third kappa shape index (κ3) is 1.28. The van der Waals surface area contributed by atoms with E-state index in [2.05, 4.69) is 0 Å². The lowest BCUT2D eigenvalue weighted by atomic mass is 10.0. The summed E-state index contributed by atoms with van der Waals surface area (Å²) < 4.78 is 14.4. The number of halogens is 1. The summed E-state index contributed by atoms with van der Waals surface area (Å²) in [7, 11) is 0. The number of nitriles is 1. The summed E-state index contributed by atoms with van der Waals surface area (Å²) in [5, 5.41) is 11.3. The smallest absolute Gasteiger partial charge is 0.144 e. The number of fused-ring (bicyclic) bond motifs is 1. The standard InChI is InChI=1S/C11H8FNS/c1-7-8(2-4-13)6-9-3-5-14-11(9)10(7)12/h3,5-6H,2H2,1H3. The van der Waals surface area contributed by atoms with Crippen LogP contribution >= 0.6 is 11.3 Å². The number of thiophene rings is 1. The maximum Gasteiger partial charge on any atom is 0.144 e. The SMILES string of the molecule is Cc1c(CC#N)cc2ccsc2c1F. The molecule has 0 aliphatic rings. The molecule has 0 fully saturated rings. The first-order valence-corrected chi connectivity index (χ1v) is 5.14. The molecule has 0 spiro atoms. The third-order valence-electron chi connectivity index (χ3n) is 2.31. The molecule has 14 heavy (non-hydrogen) atoms. The minimum Gasteiger partial charge on any atom is -0.205 e. The first-order valence-electron chi connectivity index (χ1n) is 4.26. The van der Waals surface area contributed by atoms with Crippen LogP contribution in [0.25, 0.3) is 10.1 Å². The van der Waals surface area contributed by atoms with Gasteiger partial charge in [-0.3, -0.25) is 0 Å². The Kier molecular flexibility index (Phi) is 2.22. The minimum atomic E-state index is -0.178. The van der Waals surface area contributed by atoms with Gasteiger partial charge in [0.25, 0.3) is 0 Å². The van der Waals surface area contributed by atoms with E-state index in [0.29, 0.717) is 10.3 Å². The van der Waals surface area contributed by atoms with Crippen molar-refractivity contribution in [1.82, 2.24) is 0 Å². The van der Waals surface area contributed by atoms with Crippen LogP contribution in [0.1, 0.15) is 11.1 Å². The van der Waals surface area contributed by atoms with Crippen LogP contribution < -0.4 is 0 Å². The highest BCUT2D eigenvalue weighted by molar-refractivity contribution is 7.17. The maximum absolute atomic E-state index is 13.7. The Hall–Kier alpha value is -1.40. The van der Waals surface area contributed by atoms with Crippen molar-refractivity contribution in [3.8, 4) is 6.07 Å². The normalized spacial score (nSPS) is 10.4. The average molecular weight is 205 g/mol. The lowest BCUT2D eigenvalue weighted by Gasteiger charge is -2.03. The molecule has 1 aromatic heterocycles. The molecule has 0 bridgehead atoms. The van der Waals surface area contributed by atoms with E-state index < -0.39 is 0 Å². The largest absolute Gasteiger partial charge is 0.205 e. The van der Waals surface area contributed by atoms with E-state index in [1.807, 2.05) is 23.6 Å². The van der Waals surface area contributed by atoms with Crippen LogP contribution in [0, 0.1) is 24.1 Å². The molecule has 3 heteroatoms. The number of nitrogens with zero attached hydrogens (tertiary/aromatic N) is 1. The maximum atomic E-state index is 13.7. The minimum absolute atomic E-state index is 0.178. The number of hydrogen-bond acceptors (Lipinski definition) is 2. The summed E-state index contributed by atoms with van der Waals surface area (Å²) >= 11 is 1.40. The zero-order valence-electron chi connectivity index (χ0n) is 7.67. The van der Waals surface area contributed by atoms with Crippen LogP contribution in [0.3, 0.4) is 0 Å². The predicted octanol–water partition coefficient (Wildman–Crippen LogP) is 3.41. The molecular weight excluding hydrogens is 197 g/mol. The average Bonchev–Trinajstić information content (AvgIpc) is 2.62. The molecule has 2 aromatic rings. The Bertz CT molecular complexity index is 522. The van der Waals surface area contributed by atoms with Crippen LogP contribution in [-0.4, -0.2) is 0 Å². The molecule has 70 valence electrons. The Labute approximate surface area is 85.4 Å². The van der Waals surface area contributed by atoms with Gasteiger partial charge in [0.2, 0.25) is 0 Å². The van der Waals surface area contributed by atoms with Crippen LogP contribution in [0.15, 0.2) is 17.5 Å². The van der Waals surface area contributed by atoms with Gasteiger partial charge in [0, 0.05) is 0 Å². The Balaban J connectivity index is 2.75. The van der Waals surface area contributed by atoms with Crippen LogP contribution in [0.4, 0.5) is 4.39 Å². The van der Waals surface area contributed by atoms with E-state index in [1.54, 1.807) is 6.92 Å². The fraction of sp³-hybridized carbons (Fsp3) is 0.182. The van der Waals surface area contributed by atoms with Crippen molar-refractivity contribution < 1.29 is 4.39 Å². The third-order valence-corrected chi connectivity index (χ3v) is 3.23. The zero-order chi connectivity index (χ0) is 10.1. The molecule has 1 heterocycles. The van der Waals surface area contributed by atoms with E-state index in [-0.39, 0.29) is 12.2 Å². The molecule has 0 saturated heterocycles. The Morgan fingerprint density at radius 1 is 1.57 bits per heavy atom. The van der Waals surface area contributed by atoms with Gasteiger partial charge in [-0.15, -0.1) is 11.3 Å². The van der Waals surface area contributed by atoms with E-state index in [0.717, 1.165) is 10.9 Å². The quantitative estimate of drug-likeness (QED) is 0.699. The fourth-order valence-corrected chi connectivity index (χ4v) is 2.36. The van der Waals surface area contributed by atoms with Crippen LogP contribution in [-0.2, 0) is 6.42 Å². The summed E-state index contributed by atoms with van der Waals surface area (Å²) in [6.45, 7) is 1.72. The number of rotatable bonds is 1. The second-order valence-electron chi connectivity index (χ2n) is 3.15. The van der Waals surface area contributed by atoms with Crippen molar-refractivity contribution in [2.75, 3.05) is 0 Å². The van der Waals surface area contributed by atoms with Crippen molar-refractivity contribution in [2.24, 2.45) is 0 Å². The van der Waals surface area contributed by atoms with E-state index in [9.17, 15) is 4.39 Å². The van der Waals surface area contributed by atoms with Gasteiger partial charge in [0.1, 0.15) is 5.82 Å². The van der Waals surface area contributed by atoms with Gasteiger partial charge in [-0.2, -0.15) is 5.26 Å². The molecule has 0 aliphatic heterocycles. The summed E-state index contributed by atoms with van der Waals surface area (Å²) in [6.07, 6.45) is 0.272. The second kappa shape index (κ2) is 3.39. The number of hydrogen-bond donors (Lipinski definition) is 0. The molecule has 0 aliphatic carbocycles. The molecule has 1 aromatic carbocycles. The fourth-order valence-electron chi connectivity index (χ4n) is 1.49. The van der Waals surface area contributed by atoms with E-state index in [1.165, 1.54) is 11.3 Å². The molecule has 0 N–H and O–H groups in total. The monoisotopic (exact) mass is 205 g/mol. The van der Waals surface area contributed by atoms with Crippen molar-refractivity contribution in [1.29, 1.82) is 5.26 Å². The molecule has 1 nitrogen and oxygen atoms in total. The summed E-state index contributed by atoms with van der Waals surface area (Å²) in [5.41, 5.74) is 1.39. The molecule has 0 unspecified atom stereocenters. The lowest BCUT2D eigenvalue weighted by Crippen LogP contribution is -1.91. The first kappa shape index (κ1) is 9.17. The number of benzene rings is 1. The highest BCUT2D eigenvalue weighted by Crippen LogP contribution is 2.28. The van der Waals surface area contributed by atoms with Gasteiger partial charge in [-0.25, -0.2) is 4.39 Å². The van der Waals surface area contributed by atoms with E-state index in [4.69, 9.17) is 5.26 Å². The van der Waals surface area contributed by atoms with Crippen molar-refractivity contribution in [3.05, 3.63) is 34.5 Å². The van der Waals surface area contributed by atoms with Gasteiger partial charge in [-0.1, -0.05) is 0 Å². The van der Waals surface area contributed by atoms with Gasteiger partial charge < -0.3 is 0 Å². The van der Waals surface area contributed by atoms with Crippen molar-refractivity contribution >= 4 is 21.4 Å². The predicted molar refractivity (Wildman–Crippen MR) is 55.8 cm³/mol. The van der Waals surface area contributed by atoms with Crippen LogP contribution in [0.5, 0.6) is 0 Å². The lowest BCUT2D eigenvalue weighted by molar-refractivity contribution is 0.630. The molecule has 0 atom stereocenters. The highest BCUT2D eigenvalue weighted by Gasteiger charge is 2.10. The molecular formula is C11H8FNS. The van der Waals surface area contributed by atoms with Gasteiger partial charge >= 0.3 is 0 Å². The van der Waals surface area contributed by atoms with Crippen LogP contribution in [0.2, 0.25) is 0 Å². The topological polar surface area (TPSA) is 23.8 Å². The summed E-state index contributed by atoms with van der Waals surface area (Å²) in [5.74, 6) is -0.178. The second-order valence-corrected chi connectivity index (χ2v) is 4.06.